The van der Waals surface area contributed by atoms with Crippen LogP contribution in [0.5, 0.6) is 0 Å². The molecule has 2 aliphatic rings. The average Bonchev–Trinajstić information content (AvgIpc) is 2.98. The maximum atomic E-state index is 13.1. The molecule has 2 aromatic rings. The van der Waals surface area contributed by atoms with E-state index in [1.54, 1.807) is 9.80 Å². The van der Waals surface area contributed by atoms with Crippen molar-refractivity contribution in [2.75, 3.05) is 21.3 Å². The summed E-state index contributed by atoms with van der Waals surface area (Å²) in [4.78, 5) is 16.3. The number of carbonyl (C=O) groups excluding carboxylic acids is 1. The lowest BCUT2D eigenvalue weighted by atomic mass is 10.1. The van der Waals surface area contributed by atoms with Gasteiger partial charge in [0.15, 0.2) is 9.84 Å². The zero-order valence-electron chi connectivity index (χ0n) is 12.7. The zero-order valence-corrected chi connectivity index (χ0v) is 15.1. The van der Waals surface area contributed by atoms with Crippen LogP contribution in [0.3, 0.4) is 0 Å². The topological polar surface area (TPSA) is 57.7 Å². The van der Waals surface area contributed by atoms with Gasteiger partial charge in [0.1, 0.15) is 0 Å². The number of nitrogens with zero attached hydrogens (tertiary/aromatic N) is 2. The Hall–Kier alpha value is -1.86. The minimum Gasteiger partial charge on any atom is -0.288 e. The molecule has 0 N–H and O–H groups in total. The van der Waals surface area contributed by atoms with Gasteiger partial charge in [-0.25, -0.2) is 13.2 Å². The number of amides is 2. The van der Waals surface area contributed by atoms with Crippen LogP contribution in [-0.4, -0.2) is 38.0 Å². The van der Waals surface area contributed by atoms with E-state index in [0.717, 1.165) is 10.2 Å². The molecule has 4 rings (SSSR count). The number of hydrogen-bond donors (Lipinski definition) is 0. The number of halogens is 1. The quantitative estimate of drug-likeness (QED) is 0.720. The molecule has 5 nitrogen and oxygen atoms in total. The molecule has 0 bridgehead atoms. The fraction of sp³-hybridized carbons (Fsp3) is 0.235. The minimum atomic E-state index is -3.16. The van der Waals surface area contributed by atoms with Gasteiger partial charge in [-0.3, -0.25) is 9.80 Å². The van der Waals surface area contributed by atoms with E-state index in [2.05, 4.69) is 15.9 Å². The van der Waals surface area contributed by atoms with Gasteiger partial charge < -0.3 is 0 Å². The van der Waals surface area contributed by atoms with Gasteiger partial charge in [-0.15, -0.1) is 0 Å². The van der Waals surface area contributed by atoms with E-state index in [-0.39, 0.29) is 29.6 Å². The van der Waals surface area contributed by atoms with E-state index in [9.17, 15) is 13.2 Å². The summed E-state index contributed by atoms with van der Waals surface area (Å²) in [6, 6.07) is 15.7. The molecule has 2 fully saturated rings. The molecule has 0 spiro atoms. The average molecular weight is 407 g/mol. The van der Waals surface area contributed by atoms with Crippen molar-refractivity contribution < 1.29 is 13.2 Å². The first-order valence-electron chi connectivity index (χ1n) is 7.60. The third-order valence-corrected chi connectivity index (χ3v) is 6.74. The van der Waals surface area contributed by atoms with Crippen molar-refractivity contribution in [1.82, 2.24) is 0 Å². The molecule has 124 valence electrons. The van der Waals surface area contributed by atoms with Crippen LogP contribution in [0.25, 0.3) is 0 Å². The largest absolute Gasteiger partial charge is 0.329 e. The Morgan fingerprint density at radius 3 is 1.88 bits per heavy atom. The van der Waals surface area contributed by atoms with Gasteiger partial charge >= 0.3 is 6.03 Å². The van der Waals surface area contributed by atoms with Crippen molar-refractivity contribution in [2.24, 2.45) is 0 Å². The number of urea groups is 1. The molecule has 2 aromatic carbocycles. The van der Waals surface area contributed by atoms with Crippen molar-refractivity contribution in [3.8, 4) is 0 Å². The van der Waals surface area contributed by atoms with Crippen molar-refractivity contribution in [1.29, 1.82) is 0 Å². The SMILES string of the molecule is O=C1N(c2ccccc2)[C@@H]2CS(=O)(=O)C[C@@H]2N1c1ccc(Br)cc1. The number of benzene rings is 2. The summed E-state index contributed by atoms with van der Waals surface area (Å²) in [7, 11) is -3.16. The third-order valence-electron chi connectivity index (χ3n) is 4.51. The highest BCUT2D eigenvalue weighted by atomic mass is 79.9. The van der Waals surface area contributed by atoms with Gasteiger partial charge in [-0.05, 0) is 36.4 Å². The summed E-state index contributed by atoms with van der Waals surface area (Å²) in [5.41, 5.74) is 1.45. The smallest absolute Gasteiger partial charge is 0.288 e. The highest BCUT2D eigenvalue weighted by Gasteiger charge is 2.54. The third kappa shape index (κ3) is 2.52. The minimum absolute atomic E-state index is 0.00278. The number of anilines is 2. The molecule has 0 saturated carbocycles. The summed E-state index contributed by atoms with van der Waals surface area (Å²) < 4.78 is 25.3. The van der Waals surface area contributed by atoms with Gasteiger partial charge in [-0.1, -0.05) is 34.1 Å². The van der Waals surface area contributed by atoms with Gasteiger partial charge in [0.05, 0.1) is 23.6 Å². The van der Waals surface area contributed by atoms with Gasteiger partial charge in [0.25, 0.3) is 0 Å². The summed E-state index contributed by atoms with van der Waals surface area (Å²) in [6.45, 7) is 0. The highest BCUT2D eigenvalue weighted by Crippen LogP contribution is 2.38. The number of sulfone groups is 1. The van der Waals surface area contributed by atoms with Gasteiger partial charge in [-0.2, -0.15) is 0 Å². The van der Waals surface area contributed by atoms with E-state index in [1.165, 1.54) is 0 Å². The van der Waals surface area contributed by atoms with Gasteiger partial charge in [0, 0.05) is 15.8 Å². The first-order valence-corrected chi connectivity index (χ1v) is 10.2. The molecule has 2 saturated heterocycles. The molecule has 0 aromatic heterocycles. The molecule has 24 heavy (non-hydrogen) atoms. The van der Waals surface area contributed by atoms with Crippen LogP contribution in [0.15, 0.2) is 59.1 Å². The van der Waals surface area contributed by atoms with Crippen molar-refractivity contribution in [3.05, 3.63) is 59.1 Å². The van der Waals surface area contributed by atoms with Crippen LogP contribution in [0.2, 0.25) is 0 Å². The number of para-hydroxylation sites is 1. The van der Waals surface area contributed by atoms with E-state index in [1.807, 2.05) is 54.6 Å². The van der Waals surface area contributed by atoms with Crippen LogP contribution < -0.4 is 9.80 Å². The Morgan fingerprint density at radius 1 is 0.833 bits per heavy atom. The number of carbonyl (C=O) groups is 1. The highest BCUT2D eigenvalue weighted by molar-refractivity contribution is 9.10. The normalized spacial score (nSPS) is 25.1. The van der Waals surface area contributed by atoms with Crippen LogP contribution >= 0.6 is 15.9 Å². The van der Waals surface area contributed by atoms with E-state index in [4.69, 9.17) is 0 Å². The first kappa shape index (κ1) is 15.7. The molecule has 0 unspecified atom stereocenters. The fourth-order valence-electron chi connectivity index (χ4n) is 3.50. The Balaban J connectivity index is 1.80. The molecule has 2 aliphatic heterocycles. The van der Waals surface area contributed by atoms with Crippen LogP contribution in [0.4, 0.5) is 16.2 Å². The summed E-state index contributed by atoms with van der Waals surface area (Å²) >= 11 is 3.38. The predicted octanol–water partition coefficient (Wildman–Crippen LogP) is 3.06. The Labute approximate surface area is 148 Å². The number of rotatable bonds is 2. The van der Waals surface area contributed by atoms with Crippen molar-refractivity contribution in [3.63, 3.8) is 0 Å². The molecule has 2 amide bonds. The van der Waals surface area contributed by atoms with E-state index in [0.29, 0.717) is 5.69 Å². The van der Waals surface area contributed by atoms with E-state index >= 15 is 0 Å². The number of hydrogen-bond acceptors (Lipinski definition) is 3. The second-order valence-electron chi connectivity index (χ2n) is 6.05. The lowest BCUT2D eigenvalue weighted by molar-refractivity contribution is 0.255. The monoisotopic (exact) mass is 406 g/mol. The summed E-state index contributed by atoms with van der Waals surface area (Å²) in [5, 5.41) is 0. The van der Waals surface area contributed by atoms with Crippen molar-refractivity contribution in [2.45, 2.75) is 12.1 Å². The standard InChI is InChI=1S/C17H15BrN2O3S/c18-12-6-8-14(9-7-12)20-16-11-24(22,23)10-15(16)19(17(20)21)13-4-2-1-3-5-13/h1-9,15-16H,10-11H2/t15-,16+/m1/s1. The molecule has 2 heterocycles. The molecular formula is C17H15BrN2O3S. The van der Waals surface area contributed by atoms with Crippen molar-refractivity contribution >= 4 is 43.2 Å². The Morgan fingerprint density at radius 2 is 1.33 bits per heavy atom. The van der Waals surface area contributed by atoms with E-state index < -0.39 is 9.84 Å². The van der Waals surface area contributed by atoms with Gasteiger partial charge in [0.2, 0.25) is 0 Å². The summed E-state index contributed by atoms with van der Waals surface area (Å²) in [6.07, 6.45) is 0. The Kier molecular flexibility index (Phi) is 3.65. The second kappa shape index (κ2) is 5.60. The lowest BCUT2D eigenvalue weighted by Crippen LogP contribution is -2.37. The molecular weight excluding hydrogens is 392 g/mol. The molecule has 2 atom stereocenters. The maximum absolute atomic E-state index is 13.1. The first-order chi connectivity index (χ1) is 11.5. The number of fused-ring (bicyclic) bond motifs is 1. The molecule has 0 aliphatic carbocycles. The second-order valence-corrected chi connectivity index (χ2v) is 9.12. The van der Waals surface area contributed by atoms with Crippen LogP contribution in [-0.2, 0) is 9.84 Å². The Bertz CT molecular complexity index is 884. The predicted molar refractivity (Wildman–Crippen MR) is 97.2 cm³/mol. The lowest BCUT2D eigenvalue weighted by Gasteiger charge is -2.22. The molecule has 0 radical (unpaired) electrons. The van der Waals surface area contributed by atoms with Crippen LogP contribution in [0.1, 0.15) is 0 Å². The summed E-state index contributed by atoms with van der Waals surface area (Å²) in [5.74, 6) is 0.00807. The fourth-order valence-corrected chi connectivity index (χ4v) is 5.68. The van der Waals surface area contributed by atoms with Crippen LogP contribution in [0, 0.1) is 0 Å². The molecule has 7 heteroatoms. The zero-order chi connectivity index (χ0) is 16.9. The maximum Gasteiger partial charge on any atom is 0.329 e.